The molecule has 0 heterocycles. The van der Waals surface area contributed by atoms with Crippen molar-refractivity contribution in [2.45, 2.75) is 70.8 Å². The molecule has 0 spiro atoms. The molecule has 0 saturated heterocycles. The molecule has 1 aromatic carbocycles. The van der Waals surface area contributed by atoms with Gasteiger partial charge in [0.05, 0.1) is 18.5 Å². The summed E-state index contributed by atoms with van der Waals surface area (Å²) < 4.78 is 6.18. The van der Waals surface area contributed by atoms with E-state index in [4.69, 9.17) is 4.74 Å². The monoisotopic (exact) mass is 349 g/mol. The van der Waals surface area contributed by atoms with Gasteiger partial charge in [0.25, 0.3) is 0 Å². The first-order valence-electron chi connectivity index (χ1n) is 8.96. The van der Waals surface area contributed by atoms with Gasteiger partial charge in [0.15, 0.2) is 0 Å². The van der Waals surface area contributed by atoms with Gasteiger partial charge in [0.1, 0.15) is 0 Å². The van der Waals surface area contributed by atoms with E-state index in [1.54, 1.807) is 11.8 Å². The smallest absolute Gasteiger partial charge is 0.234 e. The first-order valence-corrected chi connectivity index (χ1v) is 9.95. The Morgan fingerprint density at radius 3 is 2.83 bits per heavy atom. The van der Waals surface area contributed by atoms with E-state index in [0.717, 1.165) is 17.2 Å². The second-order valence-electron chi connectivity index (χ2n) is 7.85. The summed E-state index contributed by atoms with van der Waals surface area (Å²) >= 11 is 1.66. The Labute approximate surface area is 150 Å². The lowest BCUT2D eigenvalue weighted by atomic mass is 9.89. The Hall–Kier alpha value is -1.00. The second kappa shape index (κ2) is 8.91. The molecule has 2 atom stereocenters. The van der Waals surface area contributed by atoms with Crippen LogP contribution >= 0.6 is 11.8 Å². The average molecular weight is 350 g/mol. The van der Waals surface area contributed by atoms with Crippen LogP contribution in [0.15, 0.2) is 24.3 Å². The highest BCUT2D eigenvalue weighted by atomic mass is 32.2. The number of hydrogen-bond acceptors (Lipinski definition) is 3. The summed E-state index contributed by atoms with van der Waals surface area (Å²) in [6, 6.07) is 8.00. The number of benzene rings is 1. The normalized spacial score (nSPS) is 21.5. The highest BCUT2D eigenvalue weighted by Crippen LogP contribution is 2.27. The van der Waals surface area contributed by atoms with Crippen LogP contribution in [0.1, 0.15) is 58.9 Å². The molecule has 0 radical (unpaired) electrons. The molecular formula is C20H31NO2S. The Morgan fingerprint density at radius 1 is 1.33 bits per heavy atom. The Bertz CT molecular complexity index is 539. The maximum atomic E-state index is 12.0. The van der Waals surface area contributed by atoms with Gasteiger partial charge in [-0.3, -0.25) is 4.79 Å². The summed E-state index contributed by atoms with van der Waals surface area (Å²) in [6.45, 7) is 9.29. The molecule has 0 aliphatic heterocycles. The number of ether oxygens (including phenoxy) is 1. The quantitative estimate of drug-likeness (QED) is 0.762. The van der Waals surface area contributed by atoms with E-state index in [9.17, 15) is 4.79 Å². The first kappa shape index (κ1) is 19.3. The van der Waals surface area contributed by atoms with Crippen LogP contribution in [0.5, 0.6) is 0 Å². The number of anilines is 1. The fourth-order valence-corrected chi connectivity index (χ4v) is 3.60. The van der Waals surface area contributed by atoms with Crippen molar-refractivity contribution < 1.29 is 9.53 Å². The van der Waals surface area contributed by atoms with Crippen LogP contribution in [0.2, 0.25) is 0 Å². The number of carbonyl (C=O) groups excluding carboxylic acids is 1. The molecule has 4 heteroatoms. The van der Waals surface area contributed by atoms with Gasteiger partial charge in [0.2, 0.25) is 5.91 Å². The summed E-state index contributed by atoms with van der Waals surface area (Å²) in [5, 5.41) is 2.98. The van der Waals surface area contributed by atoms with E-state index in [2.05, 4.69) is 39.1 Å². The summed E-state index contributed by atoms with van der Waals surface area (Å²) in [5.41, 5.74) is 1.97. The second-order valence-corrected chi connectivity index (χ2v) is 9.66. The van der Waals surface area contributed by atoms with Crippen LogP contribution in [0.3, 0.4) is 0 Å². The van der Waals surface area contributed by atoms with Crippen molar-refractivity contribution in [3.8, 4) is 0 Å². The van der Waals surface area contributed by atoms with E-state index >= 15 is 0 Å². The van der Waals surface area contributed by atoms with E-state index in [1.807, 2.05) is 18.2 Å². The van der Waals surface area contributed by atoms with E-state index in [0.29, 0.717) is 18.5 Å². The zero-order chi connectivity index (χ0) is 17.6. The van der Waals surface area contributed by atoms with Crippen LogP contribution < -0.4 is 5.32 Å². The van der Waals surface area contributed by atoms with Gasteiger partial charge in [-0.15, -0.1) is 11.8 Å². The molecule has 1 N–H and O–H groups in total. The van der Waals surface area contributed by atoms with Crippen LogP contribution in [0.4, 0.5) is 5.69 Å². The number of thioether (sulfide) groups is 1. The molecule has 1 amide bonds. The van der Waals surface area contributed by atoms with Gasteiger partial charge in [-0.2, -0.15) is 0 Å². The van der Waals surface area contributed by atoms with Gasteiger partial charge in [-0.25, -0.2) is 0 Å². The summed E-state index contributed by atoms with van der Waals surface area (Å²) in [6.07, 6.45) is 5.32. The molecule has 1 aliphatic rings. The number of amides is 1. The van der Waals surface area contributed by atoms with E-state index in [-0.39, 0.29) is 10.7 Å². The molecular weight excluding hydrogens is 318 g/mol. The number of carbonyl (C=O) groups is 1. The van der Waals surface area contributed by atoms with Crippen LogP contribution in [-0.2, 0) is 16.1 Å². The Balaban J connectivity index is 1.81. The fraction of sp³-hybridized carbons (Fsp3) is 0.650. The lowest BCUT2D eigenvalue weighted by Crippen LogP contribution is -2.21. The minimum Gasteiger partial charge on any atom is -0.374 e. The minimum absolute atomic E-state index is 0.0501. The summed E-state index contributed by atoms with van der Waals surface area (Å²) in [7, 11) is 0. The Morgan fingerprint density at radius 2 is 2.12 bits per heavy atom. The maximum Gasteiger partial charge on any atom is 0.234 e. The Kier molecular flexibility index (Phi) is 7.17. The topological polar surface area (TPSA) is 38.3 Å². The predicted octanol–water partition coefficient (Wildman–Crippen LogP) is 5.25. The molecule has 0 aromatic heterocycles. The van der Waals surface area contributed by atoms with Crippen molar-refractivity contribution in [3.63, 3.8) is 0 Å². The van der Waals surface area contributed by atoms with Crippen LogP contribution in [0, 0.1) is 5.92 Å². The molecule has 134 valence electrons. The molecule has 2 rings (SSSR count). The van der Waals surface area contributed by atoms with Crippen molar-refractivity contribution in [1.82, 2.24) is 0 Å². The van der Waals surface area contributed by atoms with Gasteiger partial charge in [-0.05, 0) is 36.5 Å². The minimum atomic E-state index is 0.0501. The van der Waals surface area contributed by atoms with E-state index < -0.39 is 0 Å². The molecule has 2 unspecified atom stereocenters. The molecule has 24 heavy (non-hydrogen) atoms. The molecule has 3 nitrogen and oxygen atoms in total. The number of rotatable bonds is 6. The largest absolute Gasteiger partial charge is 0.374 e. The lowest BCUT2D eigenvalue weighted by molar-refractivity contribution is -0.113. The first-order chi connectivity index (χ1) is 11.3. The number of nitrogens with one attached hydrogen (secondary N) is 1. The SMILES string of the molecule is CC1CCCC(OCc2cccc(NC(=O)CSC(C)(C)C)c2)C1. The fourth-order valence-electron chi connectivity index (χ4n) is 2.96. The van der Waals surface area contributed by atoms with Gasteiger partial charge >= 0.3 is 0 Å². The summed E-state index contributed by atoms with van der Waals surface area (Å²) in [5.74, 6) is 1.30. The van der Waals surface area contributed by atoms with Crippen molar-refractivity contribution in [2.24, 2.45) is 5.92 Å². The molecule has 1 saturated carbocycles. The van der Waals surface area contributed by atoms with Crippen molar-refractivity contribution in [1.29, 1.82) is 0 Å². The highest BCUT2D eigenvalue weighted by Gasteiger charge is 2.19. The molecule has 1 aliphatic carbocycles. The van der Waals surface area contributed by atoms with Crippen LogP contribution in [0.25, 0.3) is 0 Å². The third kappa shape index (κ3) is 7.27. The van der Waals surface area contributed by atoms with Crippen molar-refractivity contribution in [3.05, 3.63) is 29.8 Å². The van der Waals surface area contributed by atoms with E-state index in [1.165, 1.54) is 25.7 Å². The van der Waals surface area contributed by atoms with Crippen molar-refractivity contribution >= 4 is 23.4 Å². The standard InChI is InChI=1S/C20H31NO2S/c1-15-7-5-10-18(11-15)23-13-16-8-6-9-17(12-16)21-19(22)14-24-20(2,3)4/h6,8-9,12,15,18H,5,7,10-11,13-14H2,1-4H3,(H,21,22). The van der Waals surface area contributed by atoms with Crippen LogP contribution in [-0.4, -0.2) is 22.5 Å². The van der Waals surface area contributed by atoms with Gasteiger partial charge in [-0.1, -0.05) is 52.7 Å². The highest BCUT2D eigenvalue weighted by molar-refractivity contribution is 8.01. The molecule has 1 fully saturated rings. The maximum absolute atomic E-state index is 12.0. The zero-order valence-electron chi connectivity index (χ0n) is 15.4. The third-order valence-electron chi connectivity index (χ3n) is 4.22. The lowest BCUT2D eigenvalue weighted by Gasteiger charge is -2.26. The van der Waals surface area contributed by atoms with Gasteiger partial charge in [0, 0.05) is 10.4 Å². The average Bonchev–Trinajstić information content (AvgIpc) is 2.51. The zero-order valence-corrected chi connectivity index (χ0v) is 16.2. The molecule has 0 bridgehead atoms. The van der Waals surface area contributed by atoms with Crippen molar-refractivity contribution in [2.75, 3.05) is 11.1 Å². The van der Waals surface area contributed by atoms with Gasteiger partial charge < -0.3 is 10.1 Å². The summed E-state index contributed by atoms with van der Waals surface area (Å²) in [4.78, 5) is 12.0. The molecule has 1 aromatic rings. The third-order valence-corrected chi connectivity index (χ3v) is 5.49. The number of hydrogen-bond donors (Lipinski definition) is 1. The predicted molar refractivity (Wildman–Crippen MR) is 103 cm³/mol.